The largest absolute Gasteiger partial charge is 0.493 e. The molecule has 2 heterocycles. The van der Waals surface area contributed by atoms with Crippen molar-refractivity contribution in [1.82, 2.24) is 4.90 Å². The zero-order chi connectivity index (χ0) is 24.5. The highest BCUT2D eigenvalue weighted by Gasteiger charge is 2.65. The molecule has 1 saturated carbocycles. The molecule has 0 aromatic heterocycles. The monoisotopic (exact) mass is 310 g/mol. The molecule has 1 aromatic carbocycles. The van der Waals surface area contributed by atoms with E-state index in [0.29, 0.717) is 0 Å². The summed E-state index contributed by atoms with van der Waals surface area (Å²) in [4.78, 5) is 14.1. The molecule has 4 atom stereocenters. The van der Waals surface area contributed by atoms with Crippen molar-refractivity contribution in [3.8, 4) is 11.5 Å². The van der Waals surface area contributed by atoms with E-state index in [1.54, 1.807) is 0 Å². The van der Waals surface area contributed by atoms with Gasteiger partial charge in [-0.25, -0.2) is 0 Å². The number of methoxy groups -OCH3 is 1. The van der Waals surface area contributed by atoms with Crippen LogP contribution >= 0.6 is 0 Å². The van der Waals surface area contributed by atoms with Gasteiger partial charge in [0.15, 0.2) is 23.4 Å². The summed E-state index contributed by atoms with van der Waals surface area (Å²) in [6.45, 7) is -2.82. The minimum Gasteiger partial charge on any atom is -0.493 e. The number of nitrogens with zero attached hydrogens (tertiary/aromatic N) is 1. The number of carbonyl (C=O) groups is 1. The highest BCUT2D eigenvalue weighted by atomic mass is 16.5. The molecule has 22 heavy (non-hydrogen) atoms. The number of piperidine rings is 1. The first kappa shape index (κ1) is 6.16. The van der Waals surface area contributed by atoms with Crippen molar-refractivity contribution >= 4 is 5.78 Å². The van der Waals surface area contributed by atoms with Gasteiger partial charge in [0.25, 0.3) is 0 Å². The van der Waals surface area contributed by atoms with E-state index in [0.717, 1.165) is 4.90 Å². The highest BCUT2D eigenvalue weighted by Crippen LogP contribution is 2.62. The lowest BCUT2D eigenvalue weighted by molar-refractivity contribution is -0.138. The molecule has 2 bridgehead atoms. The molecule has 2 aliphatic carbocycles. The summed E-state index contributed by atoms with van der Waals surface area (Å²) in [5.74, 6) is -2.42. The Balaban J connectivity index is 1.90. The maximum absolute atomic E-state index is 13.1. The molecule has 4 nitrogen and oxygen atoms in total. The van der Waals surface area contributed by atoms with Gasteiger partial charge in [0.1, 0.15) is 0 Å². The Kier molecular flexibility index (Phi) is 1.13. The molecule has 1 saturated heterocycles. The fraction of sp³-hybridized carbons (Fsp3) is 0.611. The van der Waals surface area contributed by atoms with Crippen LogP contribution in [0.5, 0.6) is 11.5 Å². The quantitative estimate of drug-likeness (QED) is 0.794. The van der Waals surface area contributed by atoms with Crippen molar-refractivity contribution in [1.29, 1.82) is 0 Å². The minimum absolute atomic E-state index is 0.00208. The van der Waals surface area contributed by atoms with Crippen molar-refractivity contribution in [2.24, 2.45) is 5.92 Å². The Labute approximate surface area is 145 Å². The number of rotatable bonds is 1. The van der Waals surface area contributed by atoms with Gasteiger partial charge in [0.2, 0.25) is 0 Å². The van der Waals surface area contributed by atoms with Gasteiger partial charge in [-0.1, -0.05) is 6.04 Å². The third-order valence-electron chi connectivity index (χ3n) is 5.47. The standard InChI is InChI=1S/C18H21NO3/c1-19-8-7-18-11-4-5-13(20)17(18)22-16-14(21-2)6-3-10(15(16)18)9-12(11)19/h3,6,11-12,17H,4-5,7-9H2,1-2H3/t11-,12+,17?,18-/m0/s1/i1D3,2D3,3D,6D,9D2,17D. The van der Waals surface area contributed by atoms with Crippen molar-refractivity contribution in [2.45, 2.75) is 43.2 Å². The normalized spacial score (nSPS) is 52.5. The Hall–Kier alpha value is -1.55. The molecule has 116 valence electrons. The minimum atomic E-state index is -3.03. The molecule has 2 fully saturated rings. The maximum Gasteiger partial charge on any atom is 0.174 e. The van der Waals surface area contributed by atoms with Crippen molar-refractivity contribution in [3.05, 3.63) is 23.2 Å². The molecule has 4 aliphatic rings. The molecule has 0 N–H and O–H groups in total. The van der Waals surface area contributed by atoms with Crippen LogP contribution in [0.15, 0.2) is 12.1 Å². The molecule has 5 rings (SSSR count). The van der Waals surface area contributed by atoms with Crippen LogP contribution in [0.1, 0.15) is 45.5 Å². The average Bonchev–Trinajstić information content (AvgIpc) is 2.92. The summed E-state index contributed by atoms with van der Waals surface area (Å²) in [7, 11) is -3.03. The number of Topliss-reactive ketones (excluding diaryl/α,β-unsaturated/α-hetero) is 1. The Bertz CT molecular complexity index is 1080. The third kappa shape index (κ3) is 1.27. The molecule has 1 aromatic rings. The molecule has 0 amide bonds. The molecular formula is C18H21NO3. The first-order valence-corrected chi connectivity index (χ1v) is 7.34. The van der Waals surface area contributed by atoms with Crippen LogP contribution in [0.25, 0.3) is 0 Å². The SMILES string of the molecule is [2H]c1c([2H])c2c3c(c1OC([2H])([2H])[2H])OC1([2H])C(=O)CC[C@H]4[C@H](N(C([2H])([2H])[2H])CC[C@@]341)C2([2H])[2H]. The van der Waals surface area contributed by atoms with Crippen molar-refractivity contribution < 1.29 is 29.3 Å². The lowest BCUT2D eigenvalue weighted by Gasteiger charge is -2.57. The van der Waals surface area contributed by atoms with E-state index in [9.17, 15) is 4.79 Å². The lowest BCUT2D eigenvalue weighted by atomic mass is 9.52. The second kappa shape index (κ2) is 4.05. The van der Waals surface area contributed by atoms with Gasteiger partial charge in [-0.15, -0.1) is 0 Å². The van der Waals surface area contributed by atoms with Crippen LogP contribution in [0.2, 0.25) is 0 Å². The van der Waals surface area contributed by atoms with Crippen LogP contribution in [0.3, 0.4) is 0 Å². The van der Waals surface area contributed by atoms with E-state index in [1.165, 1.54) is 0 Å². The van der Waals surface area contributed by atoms with Gasteiger partial charge >= 0.3 is 0 Å². The molecule has 1 spiro atoms. The predicted octanol–water partition coefficient (Wildman–Crippen LogP) is 1.93. The predicted molar refractivity (Wildman–Crippen MR) is 81.6 cm³/mol. The second-order valence-corrected chi connectivity index (χ2v) is 6.26. The zero-order valence-electron chi connectivity index (χ0n) is 22.7. The number of hydrogen-bond donors (Lipinski definition) is 0. The van der Waals surface area contributed by atoms with Gasteiger partial charge < -0.3 is 14.4 Å². The topological polar surface area (TPSA) is 38.8 Å². The van der Waals surface area contributed by atoms with E-state index in [2.05, 4.69) is 0 Å². The summed E-state index contributed by atoms with van der Waals surface area (Å²) < 4.78 is 101. The first-order chi connectivity index (χ1) is 15.0. The fourth-order valence-electron chi connectivity index (χ4n) is 4.61. The molecule has 1 unspecified atom stereocenters. The van der Waals surface area contributed by atoms with Crippen LogP contribution in [-0.2, 0) is 16.6 Å². The summed E-state index contributed by atoms with van der Waals surface area (Å²) in [5.41, 5.74) is -1.82. The highest BCUT2D eigenvalue weighted by molar-refractivity contribution is 5.89. The zero-order valence-corrected chi connectivity index (χ0v) is 11.7. The molecule has 4 heteroatoms. The van der Waals surface area contributed by atoms with E-state index >= 15 is 0 Å². The van der Waals surface area contributed by atoms with Crippen LogP contribution < -0.4 is 9.47 Å². The van der Waals surface area contributed by atoms with Crippen LogP contribution in [0, 0.1) is 5.92 Å². The van der Waals surface area contributed by atoms with Crippen LogP contribution in [0.4, 0.5) is 0 Å². The first-order valence-electron chi connectivity index (χ1n) is 12.8. The number of likely N-dealkylation sites (tertiary alicyclic amines) is 1. The van der Waals surface area contributed by atoms with Gasteiger partial charge in [-0.3, -0.25) is 4.79 Å². The Morgan fingerprint density at radius 3 is 3.45 bits per heavy atom. The average molecular weight is 310 g/mol. The molecular weight excluding hydrogens is 278 g/mol. The Morgan fingerprint density at radius 1 is 1.64 bits per heavy atom. The van der Waals surface area contributed by atoms with E-state index in [1.807, 2.05) is 0 Å². The van der Waals surface area contributed by atoms with Crippen molar-refractivity contribution in [3.63, 3.8) is 0 Å². The summed E-state index contributed by atoms with van der Waals surface area (Å²) >= 11 is 0. The maximum atomic E-state index is 13.1. The van der Waals surface area contributed by atoms with Gasteiger partial charge in [0.05, 0.1) is 15.3 Å². The summed E-state index contributed by atoms with van der Waals surface area (Å²) in [5, 5.41) is 0. The number of ketones is 1. The number of carbonyl (C=O) groups excluding carboxylic acids is 1. The van der Waals surface area contributed by atoms with Gasteiger partial charge in [0, 0.05) is 30.3 Å². The third-order valence-corrected chi connectivity index (χ3v) is 5.47. The number of benzene rings is 1. The molecule has 2 aliphatic heterocycles. The van der Waals surface area contributed by atoms with Gasteiger partial charge in [-0.2, -0.15) is 0 Å². The van der Waals surface area contributed by atoms with E-state index < -0.39 is 67.5 Å². The lowest BCUT2D eigenvalue weighted by Crippen LogP contribution is -2.65. The Morgan fingerprint density at radius 2 is 2.59 bits per heavy atom. The summed E-state index contributed by atoms with van der Waals surface area (Å²) in [6.07, 6.45) is -4.79. The van der Waals surface area contributed by atoms with E-state index in [-0.39, 0.29) is 42.7 Å². The number of likely N-dealkylation sites (N-methyl/N-ethyl adjacent to an activating group) is 1. The van der Waals surface area contributed by atoms with Crippen LogP contribution in [-0.4, -0.2) is 43.4 Å². The van der Waals surface area contributed by atoms with Crippen molar-refractivity contribution in [2.75, 3.05) is 20.6 Å². The molecule has 0 radical (unpaired) electrons. The van der Waals surface area contributed by atoms with Gasteiger partial charge in [-0.05, 0) is 50.3 Å². The fourth-order valence-corrected chi connectivity index (χ4v) is 4.61. The van der Waals surface area contributed by atoms with E-state index in [4.69, 9.17) is 24.6 Å². The number of ether oxygens (including phenoxy) is 2. The smallest absolute Gasteiger partial charge is 0.174 e. The number of hydrogen-bond acceptors (Lipinski definition) is 4. The summed E-state index contributed by atoms with van der Waals surface area (Å²) in [6, 6.07) is -2.72. The second-order valence-electron chi connectivity index (χ2n) is 6.26.